The second kappa shape index (κ2) is 17.2. The number of para-hydroxylation sites is 2. The molecule has 0 saturated heterocycles. The van der Waals surface area contributed by atoms with E-state index in [0.29, 0.717) is 25.7 Å². The Hall–Kier alpha value is -8.68. The molecule has 374 valence electrons. The van der Waals surface area contributed by atoms with Gasteiger partial charge in [-0.1, -0.05) is 164 Å². The molecule has 7 nitrogen and oxygen atoms in total. The predicted octanol–water partition coefficient (Wildman–Crippen LogP) is 14.7. The summed E-state index contributed by atoms with van der Waals surface area (Å²) in [6.45, 7) is 0. The van der Waals surface area contributed by atoms with Gasteiger partial charge in [-0.05, 0) is 134 Å². The van der Waals surface area contributed by atoms with Gasteiger partial charge in [-0.15, -0.1) is 0 Å². The number of esters is 2. The van der Waals surface area contributed by atoms with Crippen LogP contribution in [-0.2, 0) is 41.7 Å². The van der Waals surface area contributed by atoms with Crippen LogP contribution in [-0.4, -0.2) is 42.2 Å². The predicted molar refractivity (Wildman–Crippen MR) is 308 cm³/mol. The summed E-state index contributed by atoms with van der Waals surface area (Å²) in [4.78, 5) is 39.6. The average Bonchev–Trinajstić information content (AvgIpc) is 4.24. The molecule has 6 aliphatic rings. The van der Waals surface area contributed by atoms with E-state index in [4.69, 9.17) is 19.4 Å². The Balaban J connectivity index is 1.10. The molecule has 5 aliphatic carbocycles. The van der Waals surface area contributed by atoms with Crippen molar-refractivity contribution in [2.45, 2.75) is 73.7 Å². The molecule has 9 aromatic rings. The van der Waals surface area contributed by atoms with Gasteiger partial charge in [-0.2, -0.15) is 0 Å². The van der Waals surface area contributed by atoms with Crippen molar-refractivity contribution in [3.05, 3.63) is 238 Å². The number of hydrogen-bond donors (Lipinski definition) is 1. The Morgan fingerprint density at radius 2 is 1.12 bits per heavy atom. The number of rotatable bonds is 10. The molecular formula is C70H55N3O4. The maximum atomic E-state index is 14.1. The van der Waals surface area contributed by atoms with E-state index in [2.05, 4.69) is 193 Å². The zero-order valence-electron chi connectivity index (χ0n) is 43.2. The summed E-state index contributed by atoms with van der Waals surface area (Å²) < 4.78 is 11.2. The van der Waals surface area contributed by atoms with Crippen LogP contribution in [0.1, 0.15) is 89.5 Å². The molecule has 4 unspecified atom stereocenters. The smallest absolute Gasteiger partial charge is 0.305 e. The number of aryl methyl sites for hydroxylation is 1. The minimum atomic E-state index is -0.850. The molecule has 15 rings (SSSR count). The van der Waals surface area contributed by atoms with E-state index < -0.39 is 16.2 Å². The summed E-state index contributed by atoms with van der Waals surface area (Å²) in [5.41, 5.74) is 16.7. The number of pyridine rings is 2. The number of nitrogens with zero attached hydrogens (tertiary/aromatic N) is 2. The second-order valence-electron chi connectivity index (χ2n) is 22.1. The maximum Gasteiger partial charge on any atom is 0.305 e. The first kappa shape index (κ1) is 45.7. The van der Waals surface area contributed by atoms with Crippen LogP contribution in [0.15, 0.2) is 193 Å². The van der Waals surface area contributed by atoms with Crippen molar-refractivity contribution in [1.82, 2.24) is 15.3 Å². The van der Waals surface area contributed by atoms with Crippen LogP contribution in [0.25, 0.3) is 77.6 Å². The van der Waals surface area contributed by atoms with E-state index in [-0.39, 0.29) is 30.8 Å². The number of fused-ring (bicyclic) bond motifs is 17. The highest BCUT2D eigenvalue weighted by Crippen LogP contribution is 2.68. The first-order valence-corrected chi connectivity index (χ1v) is 27.2. The zero-order chi connectivity index (χ0) is 51.6. The van der Waals surface area contributed by atoms with Crippen molar-refractivity contribution < 1.29 is 19.1 Å². The van der Waals surface area contributed by atoms with E-state index in [0.717, 1.165) is 101 Å². The highest BCUT2D eigenvalue weighted by molar-refractivity contribution is 6.06. The molecule has 4 atom stereocenters. The standard InChI is InChI=1S/C70H55N3O4/c1-76-60(74)33-35-68(51-30-27-42-15-3-9-21-48(42)62(51)65-54(68)37-45-18-6-12-24-57(45)71-65)40-70(53-32-29-44-17-5-11-23-50(44)64(53)67-56(70)39-47-20-8-14-26-59(47)73-67)41-69(36-34-61(75)77-2)52-31-28-43-16-4-10-22-49(43)63(52)66-55(69)38-46-19-7-13-25-58(46)72-66/h3,5-15,17-32,37-39,58,72H,4,16,33-36,40-41H2,1-2H3. The SMILES string of the molecule is COC(=O)CCC1(CC2(CC3(CCC(=O)OC)c4cc5ccccc5nc4-c4c3ccc3ccccc43)c3cc4ccccc4nc3-c3c2ccc2ccccc32)C2=C(NC3C=CC=CC3=C2)c2c1ccc1c2C=CCC1. The van der Waals surface area contributed by atoms with Gasteiger partial charge in [0, 0.05) is 62.2 Å². The van der Waals surface area contributed by atoms with Crippen LogP contribution in [0.2, 0.25) is 0 Å². The number of ether oxygens (including phenoxy) is 2. The van der Waals surface area contributed by atoms with Crippen molar-refractivity contribution in [3.63, 3.8) is 0 Å². The van der Waals surface area contributed by atoms with Crippen LogP contribution in [0.3, 0.4) is 0 Å². The quantitative estimate of drug-likeness (QED) is 0.137. The fourth-order valence-electron chi connectivity index (χ4n) is 15.1. The first-order chi connectivity index (χ1) is 37.8. The molecule has 7 aromatic carbocycles. The van der Waals surface area contributed by atoms with Crippen LogP contribution in [0.5, 0.6) is 0 Å². The number of carbonyl (C=O) groups excluding carboxylic acids is 2. The lowest BCUT2D eigenvalue weighted by molar-refractivity contribution is -0.141. The van der Waals surface area contributed by atoms with Gasteiger partial charge in [0.05, 0.1) is 42.7 Å². The molecule has 2 aromatic heterocycles. The molecule has 0 spiro atoms. The summed E-state index contributed by atoms with van der Waals surface area (Å²) in [7, 11) is 3.00. The Labute approximate surface area is 447 Å². The summed E-state index contributed by atoms with van der Waals surface area (Å²) in [5.74, 6) is -0.504. The normalized spacial score (nSPS) is 21.7. The minimum Gasteiger partial charge on any atom is -0.469 e. The second-order valence-corrected chi connectivity index (χ2v) is 22.1. The van der Waals surface area contributed by atoms with E-state index in [1.54, 1.807) is 0 Å². The van der Waals surface area contributed by atoms with Crippen LogP contribution < -0.4 is 5.32 Å². The maximum absolute atomic E-state index is 14.1. The third-order valence-electron chi connectivity index (χ3n) is 18.4. The van der Waals surface area contributed by atoms with Crippen molar-refractivity contribution >= 4 is 67.1 Å². The number of nitrogens with one attached hydrogen (secondary N) is 1. The Morgan fingerprint density at radius 3 is 1.77 bits per heavy atom. The first-order valence-electron chi connectivity index (χ1n) is 27.2. The molecule has 3 heterocycles. The fraction of sp³-hybridized carbons (Fsp3) is 0.200. The van der Waals surface area contributed by atoms with Gasteiger partial charge in [0.2, 0.25) is 0 Å². The van der Waals surface area contributed by atoms with Crippen molar-refractivity contribution in [1.29, 1.82) is 0 Å². The topological polar surface area (TPSA) is 90.4 Å². The monoisotopic (exact) mass is 1000 g/mol. The molecule has 0 saturated carbocycles. The van der Waals surface area contributed by atoms with E-state index in [1.165, 1.54) is 53.2 Å². The number of aromatic nitrogens is 2. The van der Waals surface area contributed by atoms with Crippen LogP contribution in [0.4, 0.5) is 0 Å². The Kier molecular flexibility index (Phi) is 10.2. The number of carbonyl (C=O) groups is 2. The highest BCUT2D eigenvalue weighted by Gasteiger charge is 2.60. The fourth-order valence-corrected chi connectivity index (χ4v) is 15.1. The lowest BCUT2D eigenvalue weighted by Crippen LogP contribution is -2.44. The molecule has 0 bridgehead atoms. The number of benzene rings is 7. The van der Waals surface area contributed by atoms with Crippen LogP contribution >= 0.6 is 0 Å². The van der Waals surface area contributed by atoms with Gasteiger partial charge in [-0.25, -0.2) is 9.97 Å². The molecular weight excluding hydrogens is 947 g/mol. The molecule has 7 heteroatoms. The zero-order valence-corrected chi connectivity index (χ0v) is 43.2. The number of allylic oxidation sites excluding steroid dienone is 5. The van der Waals surface area contributed by atoms with Crippen molar-refractivity contribution in [2.75, 3.05) is 14.2 Å². The summed E-state index contributed by atoms with van der Waals surface area (Å²) in [6, 6.07) is 53.2. The van der Waals surface area contributed by atoms with Gasteiger partial charge in [-0.3, -0.25) is 9.59 Å². The third-order valence-corrected chi connectivity index (χ3v) is 18.4. The number of dihydropyridines is 1. The lowest BCUT2D eigenvalue weighted by atomic mass is 9.54. The van der Waals surface area contributed by atoms with Crippen LogP contribution in [0, 0.1) is 0 Å². The molecule has 77 heavy (non-hydrogen) atoms. The van der Waals surface area contributed by atoms with E-state index in [1.807, 2.05) is 0 Å². The summed E-state index contributed by atoms with van der Waals surface area (Å²) >= 11 is 0. The minimum absolute atomic E-state index is 0.0134. The van der Waals surface area contributed by atoms with Gasteiger partial charge in [0.1, 0.15) is 0 Å². The number of hydrogen-bond acceptors (Lipinski definition) is 7. The van der Waals surface area contributed by atoms with Gasteiger partial charge in [0.25, 0.3) is 0 Å². The largest absolute Gasteiger partial charge is 0.469 e. The Morgan fingerprint density at radius 1 is 0.571 bits per heavy atom. The van der Waals surface area contributed by atoms with Gasteiger partial charge in [0.15, 0.2) is 0 Å². The molecule has 1 aliphatic heterocycles. The summed E-state index contributed by atoms with van der Waals surface area (Å²) in [6.07, 6.45) is 20.3. The molecule has 1 N–H and O–H groups in total. The molecule has 0 radical (unpaired) electrons. The number of methoxy groups -OCH3 is 2. The lowest BCUT2D eigenvalue weighted by Gasteiger charge is -2.48. The Bertz CT molecular complexity index is 4250. The average molecular weight is 1000 g/mol. The van der Waals surface area contributed by atoms with Crippen molar-refractivity contribution in [2.24, 2.45) is 0 Å². The van der Waals surface area contributed by atoms with E-state index >= 15 is 0 Å². The summed E-state index contributed by atoms with van der Waals surface area (Å²) in [5, 5.41) is 10.8. The third kappa shape index (κ3) is 6.62. The van der Waals surface area contributed by atoms with Gasteiger partial charge >= 0.3 is 11.9 Å². The highest BCUT2D eigenvalue weighted by atomic mass is 16.5. The van der Waals surface area contributed by atoms with E-state index in [9.17, 15) is 9.59 Å². The van der Waals surface area contributed by atoms with Crippen molar-refractivity contribution in [3.8, 4) is 22.5 Å². The van der Waals surface area contributed by atoms with Gasteiger partial charge < -0.3 is 14.8 Å². The molecule has 0 fully saturated rings. The molecule has 0 amide bonds.